The molecule has 3 rings (SSSR count). The van der Waals surface area contributed by atoms with Gasteiger partial charge < -0.3 is 9.32 Å². The van der Waals surface area contributed by atoms with Crippen LogP contribution in [0.3, 0.4) is 0 Å². The van der Waals surface area contributed by atoms with Crippen molar-refractivity contribution in [1.29, 1.82) is 0 Å². The molecule has 2 aromatic carbocycles. The van der Waals surface area contributed by atoms with Gasteiger partial charge in [-0.1, -0.05) is 23.7 Å². The number of rotatable bonds is 7. The van der Waals surface area contributed by atoms with E-state index in [0.29, 0.717) is 15.5 Å². The van der Waals surface area contributed by atoms with Gasteiger partial charge in [-0.2, -0.15) is 0 Å². The van der Waals surface area contributed by atoms with Crippen LogP contribution < -0.4 is 0 Å². The first-order valence-electron chi connectivity index (χ1n) is 8.79. The van der Waals surface area contributed by atoms with Gasteiger partial charge in [0.25, 0.3) is 0 Å². The van der Waals surface area contributed by atoms with E-state index in [2.05, 4.69) is 10.2 Å². The number of aromatic nitrogens is 2. The number of hydrogen-bond donors (Lipinski definition) is 0. The molecule has 0 unspecified atom stereocenters. The van der Waals surface area contributed by atoms with Crippen molar-refractivity contribution in [3.05, 3.63) is 65.0 Å². The molecular formula is C20H18ClF2N3O2S. The number of carbonyl (C=O) groups is 1. The first-order chi connectivity index (χ1) is 13.8. The lowest BCUT2D eigenvalue weighted by Gasteiger charge is -2.25. The summed E-state index contributed by atoms with van der Waals surface area (Å²) in [5.74, 6) is -1.43. The molecule has 1 heterocycles. The molecule has 1 aromatic heterocycles. The van der Waals surface area contributed by atoms with Gasteiger partial charge in [-0.25, -0.2) is 8.78 Å². The molecule has 0 atom stereocenters. The van der Waals surface area contributed by atoms with E-state index in [1.165, 1.54) is 6.07 Å². The number of hydrogen-bond acceptors (Lipinski definition) is 5. The van der Waals surface area contributed by atoms with Crippen LogP contribution in [0.5, 0.6) is 0 Å². The molecule has 29 heavy (non-hydrogen) atoms. The summed E-state index contributed by atoms with van der Waals surface area (Å²) in [7, 11) is 0. The zero-order valence-electron chi connectivity index (χ0n) is 15.7. The third-order valence-corrected chi connectivity index (χ3v) is 5.38. The van der Waals surface area contributed by atoms with Crippen molar-refractivity contribution in [3.8, 4) is 11.5 Å². The Balaban J connectivity index is 1.67. The zero-order chi connectivity index (χ0) is 21.0. The SMILES string of the molecule is CC(C)N(Cc1nnc(-c2ccccc2Cl)o1)C(=O)CSc1ccc(F)c(F)c1. The Labute approximate surface area is 176 Å². The van der Waals surface area contributed by atoms with E-state index in [0.717, 1.165) is 23.9 Å². The van der Waals surface area contributed by atoms with Gasteiger partial charge in [0.15, 0.2) is 11.6 Å². The summed E-state index contributed by atoms with van der Waals surface area (Å²) in [4.78, 5) is 14.7. The minimum atomic E-state index is -0.943. The predicted molar refractivity (Wildman–Crippen MR) is 108 cm³/mol. The second-order valence-corrected chi connectivity index (χ2v) is 7.92. The molecule has 0 spiro atoms. The molecule has 0 aliphatic heterocycles. The fraction of sp³-hybridized carbons (Fsp3) is 0.250. The summed E-state index contributed by atoms with van der Waals surface area (Å²) in [6.07, 6.45) is 0. The van der Waals surface area contributed by atoms with Gasteiger partial charge in [0.05, 0.1) is 22.9 Å². The number of benzene rings is 2. The van der Waals surface area contributed by atoms with E-state index in [1.807, 2.05) is 19.9 Å². The van der Waals surface area contributed by atoms with Crippen molar-refractivity contribution in [3.63, 3.8) is 0 Å². The molecular weight excluding hydrogens is 420 g/mol. The van der Waals surface area contributed by atoms with Gasteiger partial charge in [0.1, 0.15) is 0 Å². The molecule has 0 aliphatic rings. The van der Waals surface area contributed by atoms with E-state index in [9.17, 15) is 13.6 Å². The van der Waals surface area contributed by atoms with Crippen molar-refractivity contribution in [2.75, 3.05) is 5.75 Å². The Kier molecular flexibility index (Phi) is 6.87. The normalized spacial score (nSPS) is 11.1. The predicted octanol–water partition coefficient (Wildman–Crippen LogP) is 5.20. The summed E-state index contributed by atoms with van der Waals surface area (Å²) in [5, 5.41) is 8.51. The fourth-order valence-electron chi connectivity index (χ4n) is 2.56. The summed E-state index contributed by atoms with van der Waals surface area (Å²) >= 11 is 7.28. The minimum Gasteiger partial charge on any atom is -0.419 e. The highest BCUT2D eigenvalue weighted by molar-refractivity contribution is 8.00. The summed E-state index contributed by atoms with van der Waals surface area (Å²) in [6, 6.07) is 10.5. The van der Waals surface area contributed by atoms with E-state index in [-0.39, 0.29) is 36.0 Å². The number of nitrogens with zero attached hydrogens (tertiary/aromatic N) is 3. The highest BCUT2D eigenvalue weighted by Gasteiger charge is 2.21. The highest BCUT2D eigenvalue weighted by Crippen LogP contribution is 2.27. The van der Waals surface area contributed by atoms with Crippen LogP contribution in [0, 0.1) is 11.6 Å². The Morgan fingerprint density at radius 1 is 1.17 bits per heavy atom. The van der Waals surface area contributed by atoms with E-state index < -0.39 is 11.6 Å². The maximum Gasteiger partial charge on any atom is 0.249 e. The van der Waals surface area contributed by atoms with Crippen molar-refractivity contribution in [2.45, 2.75) is 31.3 Å². The Morgan fingerprint density at radius 2 is 1.93 bits per heavy atom. The maximum absolute atomic E-state index is 13.3. The van der Waals surface area contributed by atoms with Gasteiger partial charge in [-0.15, -0.1) is 22.0 Å². The highest BCUT2D eigenvalue weighted by atomic mass is 35.5. The Hall–Kier alpha value is -2.45. The lowest BCUT2D eigenvalue weighted by Crippen LogP contribution is -2.37. The van der Waals surface area contributed by atoms with Crippen LogP contribution in [-0.4, -0.2) is 32.8 Å². The fourth-order valence-corrected chi connectivity index (χ4v) is 3.58. The van der Waals surface area contributed by atoms with Gasteiger partial charge in [0, 0.05) is 10.9 Å². The van der Waals surface area contributed by atoms with Crippen LogP contribution >= 0.6 is 23.4 Å². The van der Waals surface area contributed by atoms with Crippen molar-refractivity contribution < 1.29 is 18.0 Å². The van der Waals surface area contributed by atoms with E-state index >= 15 is 0 Å². The Morgan fingerprint density at radius 3 is 2.62 bits per heavy atom. The monoisotopic (exact) mass is 437 g/mol. The average molecular weight is 438 g/mol. The smallest absolute Gasteiger partial charge is 0.249 e. The van der Waals surface area contributed by atoms with Crippen LogP contribution in [0.2, 0.25) is 5.02 Å². The first kappa shape index (κ1) is 21.3. The van der Waals surface area contributed by atoms with E-state index in [4.69, 9.17) is 16.0 Å². The minimum absolute atomic E-state index is 0.0642. The number of carbonyl (C=O) groups excluding carboxylic acids is 1. The van der Waals surface area contributed by atoms with Crippen molar-refractivity contribution in [1.82, 2.24) is 15.1 Å². The second kappa shape index (κ2) is 9.37. The van der Waals surface area contributed by atoms with Gasteiger partial charge >= 0.3 is 0 Å². The maximum atomic E-state index is 13.3. The summed E-state index contributed by atoms with van der Waals surface area (Å²) in [5.41, 5.74) is 0.615. The molecule has 0 N–H and O–H groups in total. The molecule has 0 aliphatic carbocycles. The Bertz CT molecular complexity index is 1010. The molecule has 0 saturated heterocycles. The molecule has 0 bridgehead atoms. The van der Waals surface area contributed by atoms with Crippen LogP contribution in [0.1, 0.15) is 19.7 Å². The third kappa shape index (κ3) is 5.33. The number of amides is 1. The zero-order valence-corrected chi connectivity index (χ0v) is 17.3. The van der Waals surface area contributed by atoms with E-state index in [1.54, 1.807) is 23.1 Å². The molecule has 0 radical (unpaired) electrons. The van der Waals surface area contributed by atoms with Crippen LogP contribution in [0.25, 0.3) is 11.5 Å². The van der Waals surface area contributed by atoms with Gasteiger partial charge in [-0.3, -0.25) is 4.79 Å². The largest absolute Gasteiger partial charge is 0.419 e. The first-order valence-corrected chi connectivity index (χ1v) is 10.2. The molecule has 9 heteroatoms. The average Bonchev–Trinajstić information content (AvgIpc) is 3.15. The van der Waals surface area contributed by atoms with Crippen molar-refractivity contribution >= 4 is 29.3 Å². The molecule has 0 saturated carbocycles. The standard InChI is InChI=1S/C20H18ClF2N3O2S/c1-12(2)26(19(27)11-29-13-7-8-16(22)17(23)9-13)10-18-24-25-20(28-18)14-5-3-4-6-15(14)21/h3-9,12H,10-11H2,1-2H3. The molecule has 3 aromatic rings. The molecule has 1 amide bonds. The number of halogens is 3. The van der Waals surface area contributed by atoms with Crippen LogP contribution in [-0.2, 0) is 11.3 Å². The topological polar surface area (TPSA) is 59.2 Å². The summed E-state index contributed by atoms with van der Waals surface area (Å²) < 4.78 is 32.0. The quantitative estimate of drug-likeness (QED) is 0.475. The van der Waals surface area contributed by atoms with Crippen molar-refractivity contribution in [2.24, 2.45) is 0 Å². The third-order valence-electron chi connectivity index (χ3n) is 4.07. The van der Waals surface area contributed by atoms with Crippen LogP contribution in [0.15, 0.2) is 51.8 Å². The second-order valence-electron chi connectivity index (χ2n) is 6.46. The molecule has 0 fully saturated rings. The molecule has 5 nitrogen and oxygen atoms in total. The van der Waals surface area contributed by atoms with Crippen LogP contribution in [0.4, 0.5) is 8.78 Å². The summed E-state index contributed by atoms with van der Waals surface area (Å²) in [6.45, 7) is 3.86. The molecule has 152 valence electrons. The lowest BCUT2D eigenvalue weighted by atomic mass is 10.2. The van der Waals surface area contributed by atoms with Gasteiger partial charge in [-0.05, 0) is 44.2 Å². The lowest BCUT2D eigenvalue weighted by molar-refractivity contribution is -0.131. The number of thioether (sulfide) groups is 1. The van der Waals surface area contributed by atoms with Gasteiger partial charge in [0.2, 0.25) is 17.7 Å².